The van der Waals surface area contributed by atoms with E-state index in [1.165, 1.54) is 0 Å². The average Bonchev–Trinajstić information content (AvgIpc) is 2.48. The second kappa shape index (κ2) is 8.47. The quantitative estimate of drug-likeness (QED) is 0.800. The van der Waals surface area contributed by atoms with Gasteiger partial charge in [-0.05, 0) is 39.2 Å². The third kappa shape index (κ3) is 4.35. The molecule has 2 heterocycles. The number of hydrogen-bond donors (Lipinski definition) is 1. The van der Waals surface area contributed by atoms with Gasteiger partial charge in [0.2, 0.25) is 5.91 Å². The van der Waals surface area contributed by atoms with Gasteiger partial charge in [0.05, 0.1) is 18.6 Å². The van der Waals surface area contributed by atoms with Crippen LogP contribution < -0.4 is 5.32 Å². The Morgan fingerprint density at radius 1 is 1.20 bits per heavy atom. The largest absolute Gasteiger partial charge is 0.466 e. The Balaban J connectivity index is 0.00000200. The maximum atomic E-state index is 12.3. The van der Waals surface area contributed by atoms with Crippen LogP contribution >= 0.6 is 12.4 Å². The van der Waals surface area contributed by atoms with Gasteiger partial charge in [0.15, 0.2) is 0 Å². The molecule has 0 bridgehead atoms. The van der Waals surface area contributed by atoms with E-state index in [2.05, 4.69) is 5.32 Å². The number of ether oxygens (including phenoxy) is 1. The molecule has 0 aromatic rings. The molecule has 0 unspecified atom stereocenters. The third-order valence-electron chi connectivity index (χ3n) is 4.03. The van der Waals surface area contributed by atoms with Crippen LogP contribution in [0, 0.1) is 5.92 Å². The number of piperidine rings is 2. The standard InChI is InChI=1S/C14H24N2O3.ClH/c1-2-19-14(18)11-6-9-16(10-7-11)13(17)12-5-3-4-8-15-12;/h11-12,15H,2-10H2,1H3;1H/t12-;/m0./s1. The van der Waals surface area contributed by atoms with Crippen molar-refractivity contribution >= 4 is 24.3 Å². The first-order chi connectivity index (χ1) is 9.22. The summed E-state index contributed by atoms with van der Waals surface area (Å²) in [5, 5.41) is 3.29. The minimum atomic E-state index is -0.106. The van der Waals surface area contributed by atoms with Crippen molar-refractivity contribution in [3.8, 4) is 0 Å². The van der Waals surface area contributed by atoms with Crippen molar-refractivity contribution < 1.29 is 14.3 Å². The highest BCUT2D eigenvalue weighted by molar-refractivity contribution is 5.85. The van der Waals surface area contributed by atoms with Crippen molar-refractivity contribution in [2.75, 3.05) is 26.2 Å². The predicted molar refractivity (Wildman–Crippen MR) is 78.8 cm³/mol. The molecule has 0 aromatic heterocycles. The first-order valence-electron chi connectivity index (χ1n) is 7.41. The Kier molecular flexibility index (Phi) is 7.30. The van der Waals surface area contributed by atoms with Crippen molar-refractivity contribution in [3.63, 3.8) is 0 Å². The van der Waals surface area contributed by atoms with Crippen LogP contribution in [0.15, 0.2) is 0 Å². The number of hydrogen-bond acceptors (Lipinski definition) is 4. The van der Waals surface area contributed by atoms with Gasteiger partial charge in [-0.1, -0.05) is 6.42 Å². The number of amides is 1. The number of rotatable bonds is 3. The smallest absolute Gasteiger partial charge is 0.309 e. The van der Waals surface area contributed by atoms with E-state index < -0.39 is 0 Å². The lowest BCUT2D eigenvalue weighted by molar-refractivity contribution is -0.151. The van der Waals surface area contributed by atoms with E-state index in [1.807, 2.05) is 11.8 Å². The Labute approximate surface area is 126 Å². The van der Waals surface area contributed by atoms with Gasteiger partial charge < -0.3 is 15.0 Å². The monoisotopic (exact) mass is 304 g/mol. The molecule has 0 spiro atoms. The van der Waals surface area contributed by atoms with Crippen LogP contribution in [-0.4, -0.2) is 49.1 Å². The van der Waals surface area contributed by atoms with Gasteiger partial charge in [0.25, 0.3) is 0 Å². The summed E-state index contributed by atoms with van der Waals surface area (Å²) in [6.07, 6.45) is 4.70. The zero-order valence-corrected chi connectivity index (χ0v) is 12.9. The summed E-state index contributed by atoms with van der Waals surface area (Å²) in [5.41, 5.74) is 0. The van der Waals surface area contributed by atoms with Gasteiger partial charge in [-0.3, -0.25) is 9.59 Å². The summed E-state index contributed by atoms with van der Waals surface area (Å²) in [6, 6.07) is -0.00658. The van der Waals surface area contributed by atoms with Gasteiger partial charge in [-0.2, -0.15) is 0 Å². The molecule has 2 rings (SSSR count). The fraction of sp³-hybridized carbons (Fsp3) is 0.857. The van der Waals surface area contributed by atoms with E-state index >= 15 is 0 Å². The number of nitrogens with zero attached hydrogens (tertiary/aromatic N) is 1. The summed E-state index contributed by atoms with van der Waals surface area (Å²) in [5.74, 6) is 0.0794. The van der Waals surface area contributed by atoms with E-state index in [-0.39, 0.29) is 36.2 Å². The molecule has 0 radical (unpaired) electrons. The number of nitrogens with one attached hydrogen (secondary N) is 1. The molecule has 1 N–H and O–H groups in total. The molecule has 2 fully saturated rings. The van der Waals surface area contributed by atoms with Crippen LogP contribution in [0.25, 0.3) is 0 Å². The molecule has 20 heavy (non-hydrogen) atoms. The summed E-state index contributed by atoms with van der Waals surface area (Å²) in [6.45, 7) is 4.56. The maximum Gasteiger partial charge on any atom is 0.309 e. The first-order valence-corrected chi connectivity index (χ1v) is 7.41. The lowest BCUT2D eigenvalue weighted by atomic mass is 9.95. The molecule has 2 aliphatic heterocycles. The Hall–Kier alpha value is -0.810. The Morgan fingerprint density at radius 3 is 2.45 bits per heavy atom. The zero-order valence-electron chi connectivity index (χ0n) is 12.1. The molecular formula is C14H25ClN2O3. The van der Waals surface area contributed by atoms with Gasteiger partial charge in [0.1, 0.15) is 0 Å². The molecular weight excluding hydrogens is 280 g/mol. The van der Waals surface area contributed by atoms with Gasteiger partial charge >= 0.3 is 5.97 Å². The van der Waals surface area contributed by atoms with Crippen molar-refractivity contribution in [1.82, 2.24) is 10.2 Å². The fourth-order valence-corrected chi connectivity index (χ4v) is 2.88. The molecule has 6 heteroatoms. The van der Waals surface area contributed by atoms with Crippen LogP contribution in [0.4, 0.5) is 0 Å². The minimum Gasteiger partial charge on any atom is -0.466 e. The van der Waals surface area contributed by atoms with E-state index in [0.29, 0.717) is 19.7 Å². The normalized spacial score (nSPS) is 23.9. The van der Waals surface area contributed by atoms with Gasteiger partial charge in [0, 0.05) is 13.1 Å². The predicted octanol–water partition coefficient (Wildman–Crippen LogP) is 1.35. The highest BCUT2D eigenvalue weighted by Gasteiger charge is 2.31. The molecule has 0 aromatic carbocycles. The number of halogens is 1. The van der Waals surface area contributed by atoms with Crippen LogP contribution in [0.5, 0.6) is 0 Å². The molecule has 5 nitrogen and oxygen atoms in total. The summed E-state index contributed by atoms with van der Waals surface area (Å²) < 4.78 is 5.04. The molecule has 0 saturated carbocycles. The zero-order chi connectivity index (χ0) is 13.7. The van der Waals surface area contributed by atoms with Crippen molar-refractivity contribution in [3.05, 3.63) is 0 Å². The fourth-order valence-electron chi connectivity index (χ4n) is 2.88. The van der Waals surface area contributed by atoms with E-state index in [9.17, 15) is 9.59 Å². The van der Waals surface area contributed by atoms with Crippen molar-refractivity contribution in [2.24, 2.45) is 5.92 Å². The molecule has 2 aliphatic rings. The molecule has 2 saturated heterocycles. The van der Waals surface area contributed by atoms with Crippen molar-refractivity contribution in [1.29, 1.82) is 0 Å². The van der Waals surface area contributed by atoms with E-state index in [0.717, 1.165) is 38.6 Å². The van der Waals surface area contributed by atoms with Crippen LogP contribution in [-0.2, 0) is 14.3 Å². The van der Waals surface area contributed by atoms with Gasteiger partial charge in [-0.25, -0.2) is 0 Å². The number of esters is 1. The molecule has 116 valence electrons. The first kappa shape index (κ1) is 17.2. The molecule has 0 aliphatic carbocycles. The Morgan fingerprint density at radius 2 is 1.90 bits per heavy atom. The maximum absolute atomic E-state index is 12.3. The highest BCUT2D eigenvalue weighted by Crippen LogP contribution is 2.20. The number of carbonyl (C=O) groups excluding carboxylic acids is 2. The SMILES string of the molecule is CCOC(=O)C1CCN(C(=O)[C@@H]2CCCCN2)CC1.Cl. The molecule has 1 atom stereocenters. The lowest BCUT2D eigenvalue weighted by Crippen LogP contribution is -2.51. The van der Waals surface area contributed by atoms with Crippen LogP contribution in [0.1, 0.15) is 39.0 Å². The third-order valence-corrected chi connectivity index (χ3v) is 4.03. The van der Waals surface area contributed by atoms with Gasteiger partial charge in [-0.15, -0.1) is 12.4 Å². The second-order valence-electron chi connectivity index (χ2n) is 5.35. The summed E-state index contributed by atoms with van der Waals surface area (Å²) >= 11 is 0. The van der Waals surface area contributed by atoms with Crippen LogP contribution in [0.3, 0.4) is 0 Å². The highest BCUT2D eigenvalue weighted by atomic mass is 35.5. The average molecular weight is 305 g/mol. The van der Waals surface area contributed by atoms with Crippen molar-refractivity contribution in [2.45, 2.75) is 45.1 Å². The summed E-state index contributed by atoms with van der Waals surface area (Å²) in [4.78, 5) is 25.8. The lowest BCUT2D eigenvalue weighted by Gasteiger charge is -2.34. The Bertz CT molecular complexity index is 324. The van der Waals surface area contributed by atoms with E-state index in [4.69, 9.17) is 4.74 Å². The second-order valence-corrected chi connectivity index (χ2v) is 5.35. The minimum absolute atomic E-state index is 0. The topological polar surface area (TPSA) is 58.6 Å². The molecule has 1 amide bonds. The van der Waals surface area contributed by atoms with Crippen LogP contribution in [0.2, 0.25) is 0 Å². The van der Waals surface area contributed by atoms with E-state index in [1.54, 1.807) is 0 Å². The number of carbonyl (C=O) groups is 2. The number of likely N-dealkylation sites (tertiary alicyclic amines) is 1. The summed E-state index contributed by atoms with van der Waals surface area (Å²) in [7, 11) is 0.